The van der Waals surface area contributed by atoms with Crippen LogP contribution in [0.25, 0.3) is 11.0 Å². The van der Waals surface area contributed by atoms with E-state index in [0.29, 0.717) is 23.3 Å². The first kappa shape index (κ1) is 26.1. The average molecular weight is 530 g/mol. The molecule has 2 atom stereocenters. The van der Waals surface area contributed by atoms with Gasteiger partial charge >= 0.3 is 6.01 Å². The Labute approximate surface area is 223 Å². The first-order chi connectivity index (χ1) is 18.8. The van der Waals surface area contributed by atoms with E-state index in [9.17, 15) is 18.7 Å². The number of aryl methyl sites for hydroxylation is 1. The number of aromatic amines is 1. The molecule has 1 aromatic carbocycles. The molecule has 0 saturated carbocycles. The van der Waals surface area contributed by atoms with E-state index in [1.54, 1.807) is 12.3 Å². The van der Waals surface area contributed by atoms with Crippen LogP contribution in [0.2, 0.25) is 0 Å². The van der Waals surface area contributed by atoms with Gasteiger partial charge in [0.25, 0.3) is 5.56 Å². The summed E-state index contributed by atoms with van der Waals surface area (Å²) in [5, 5.41) is 15.6. The number of pyridine rings is 1. The highest BCUT2D eigenvalue weighted by Crippen LogP contribution is 2.33. The molecular formula is C29H25F2N5O3. The number of H-pyrrole nitrogens is 1. The van der Waals surface area contributed by atoms with Crippen molar-refractivity contribution in [2.75, 3.05) is 13.2 Å². The van der Waals surface area contributed by atoms with Crippen molar-refractivity contribution in [1.29, 1.82) is 0 Å². The SMILES string of the molecule is Cn1cccc(C(O)(CC#CC#Cc2nc(OC[C@H]3CCCN3)nc3[nH]ccc23)c2cc(F)ccc2F)c1=O. The predicted octanol–water partition coefficient (Wildman–Crippen LogP) is 2.75. The van der Waals surface area contributed by atoms with Crippen LogP contribution in [0.5, 0.6) is 6.01 Å². The molecule has 1 aliphatic rings. The van der Waals surface area contributed by atoms with Crippen LogP contribution < -0.4 is 15.6 Å². The molecule has 8 nitrogen and oxygen atoms in total. The lowest BCUT2D eigenvalue weighted by atomic mass is 9.84. The van der Waals surface area contributed by atoms with Gasteiger partial charge in [-0.3, -0.25) is 4.79 Å². The zero-order valence-corrected chi connectivity index (χ0v) is 21.1. The summed E-state index contributed by atoms with van der Waals surface area (Å²) in [5.74, 6) is 9.28. The van der Waals surface area contributed by atoms with Gasteiger partial charge in [0.15, 0.2) is 0 Å². The average Bonchev–Trinajstić information content (AvgIpc) is 3.62. The maximum absolute atomic E-state index is 14.8. The molecule has 1 saturated heterocycles. The number of nitrogens with one attached hydrogen (secondary N) is 2. The fraction of sp³-hybridized carbons (Fsp3) is 0.276. The number of halogens is 2. The van der Waals surface area contributed by atoms with Crippen molar-refractivity contribution in [3.63, 3.8) is 0 Å². The predicted molar refractivity (Wildman–Crippen MR) is 141 cm³/mol. The van der Waals surface area contributed by atoms with E-state index in [2.05, 4.69) is 44.0 Å². The second-order valence-electron chi connectivity index (χ2n) is 9.25. The van der Waals surface area contributed by atoms with Gasteiger partial charge in [0.2, 0.25) is 0 Å². The molecule has 5 rings (SSSR count). The molecule has 3 N–H and O–H groups in total. The third-order valence-corrected chi connectivity index (χ3v) is 6.59. The number of hydrogen-bond acceptors (Lipinski definition) is 6. The van der Waals surface area contributed by atoms with Crippen molar-refractivity contribution in [1.82, 2.24) is 24.8 Å². The van der Waals surface area contributed by atoms with Crippen LogP contribution in [-0.4, -0.2) is 43.8 Å². The molecule has 3 aromatic heterocycles. The number of fused-ring (bicyclic) bond motifs is 1. The molecule has 0 radical (unpaired) electrons. The van der Waals surface area contributed by atoms with Crippen LogP contribution in [-0.2, 0) is 12.6 Å². The van der Waals surface area contributed by atoms with Gasteiger partial charge in [-0.2, -0.15) is 9.97 Å². The van der Waals surface area contributed by atoms with E-state index >= 15 is 0 Å². The Kier molecular flexibility index (Phi) is 7.42. The third kappa shape index (κ3) is 5.53. The normalized spacial score (nSPS) is 16.2. The summed E-state index contributed by atoms with van der Waals surface area (Å²) in [7, 11) is 1.50. The van der Waals surface area contributed by atoms with Crippen molar-refractivity contribution in [2.45, 2.75) is 30.9 Å². The number of benzene rings is 1. The summed E-state index contributed by atoms with van der Waals surface area (Å²) in [4.78, 5) is 24.6. The summed E-state index contributed by atoms with van der Waals surface area (Å²) in [6, 6.07) is 7.81. The van der Waals surface area contributed by atoms with Crippen molar-refractivity contribution in [3.8, 4) is 29.7 Å². The van der Waals surface area contributed by atoms with E-state index in [0.717, 1.165) is 37.6 Å². The van der Waals surface area contributed by atoms with Crippen LogP contribution in [0, 0.1) is 35.3 Å². The minimum atomic E-state index is -2.21. The Bertz CT molecular complexity index is 1700. The van der Waals surface area contributed by atoms with Crippen molar-refractivity contribution < 1.29 is 18.6 Å². The molecule has 4 aromatic rings. The zero-order chi connectivity index (χ0) is 27.4. The van der Waals surface area contributed by atoms with Gasteiger partial charge in [0.05, 0.1) is 10.9 Å². The molecule has 0 bridgehead atoms. The van der Waals surface area contributed by atoms with Crippen molar-refractivity contribution in [2.24, 2.45) is 7.05 Å². The van der Waals surface area contributed by atoms with Gasteiger partial charge in [0, 0.05) is 37.5 Å². The molecular weight excluding hydrogens is 504 g/mol. The molecule has 0 aliphatic carbocycles. The molecule has 198 valence electrons. The van der Waals surface area contributed by atoms with E-state index in [1.165, 1.54) is 29.9 Å². The highest BCUT2D eigenvalue weighted by molar-refractivity contribution is 5.81. The van der Waals surface area contributed by atoms with E-state index in [-0.39, 0.29) is 17.6 Å². The fourth-order valence-corrected chi connectivity index (χ4v) is 4.52. The number of nitrogens with zero attached hydrogens (tertiary/aromatic N) is 3. The molecule has 1 unspecified atom stereocenters. The Morgan fingerprint density at radius 1 is 1.21 bits per heavy atom. The Morgan fingerprint density at radius 2 is 2.08 bits per heavy atom. The summed E-state index contributed by atoms with van der Waals surface area (Å²) in [6.07, 6.45) is 4.92. The maximum atomic E-state index is 14.8. The van der Waals surface area contributed by atoms with Gasteiger partial charge in [-0.05, 0) is 73.5 Å². The fourth-order valence-electron chi connectivity index (χ4n) is 4.52. The number of hydrogen-bond donors (Lipinski definition) is 3. The molecule has 39 heavy (non-hydrogen) atoms. The summed E-state index contributed by atoms with van der Waals surface area (Å²) in [6.45, 7) is 1.40. The van der Waals surface area contributed by atoms with E-state index in [4.69, 9.17) is 4.74 Å². The molecule has 1 fully saturated rings. The lowest BCUT2D eigenvalue weighted by molar-refractivity contribution is 0.0800. The quantitative estimate of drug-likeness (QED) is 0.332. The molecule has 1 aliphatic heterocycles. The first-order valence-corrected chi connectivity index (χ1v) is 12.4. The summed E-state index contributed by atoms with van der Waals surface area (Å²) in [5.41, 5.74) is -2.35. The largest absolute Gasteiger partial charge is 0.462 e. The van der Waals surface area contributed by atoms with Gasteiger partial charge in [-0.1, -0.05) is 5.92 Å². The highest BCUT2D eigenvalue weighted by Gasteiger charge is 2.36. The van der Waals surface area contributed by atoms with Crippen LogP contribution >= 0.6 is 0 Å². The standard InChI is InChI=1S/C29H25F2N5O3/c1-36-16-6-8-22(27(36)37)29(38,23-17-19(30)10-11-24(23)31)13-4-2-3-9-25-21-12-15-33-26(21)35-28(34-25)39-18-20-7-5-14-32-20/h6,8,10-12,15-17,20,32,38H,5,7,13-14,18H2,1H3,(H,33,34,35)/t20-,29?/m1/s1. The summed E-state index contributed by atoms with van der Waals surface area (Å²) < 4.78 is 35.8. The molecule has 0 amide bonds. The second kappa shape index (κ2) is 11.1. The Morgan fingerprint density at radius 3 is 2.90 bits per heavy atom. The third-order valence-electron chi connectivity index (χ3n) is 6.59. The summed E-state index contributed by atoms with van der Waals surface area (Å²) >= 11 is 0. The van der Waals surface area contributed by atoms with Crippen LogP contribution in [0.15, 0.2) is 53.6 Å². The minimum Gasteiger partial charge on any atom is -0.462 e. The first-order valence-electron chi connectivity index (χ1n) is 12.4. The monoisotopic (exact) mass is 529 g/mol. The van der Waals surface area contributed by atoms with Crippen LogP contribution in [0.1, 0.15) is 36.1 Å². The lowest BCUT2D eigenvalue weighted by Gasteiger charge is -2.27. The molecule has 10 heteroatoms. The zero-order valence-electron chi connectivity index (χ0n) is 21.1. The van der Waals surface area contributed by atoms with Gasteiger partial charge in [-0.25, -0.2) is 8.78 Å². The maximum Gasteiger partial charge on any atom is 0.319 e. The number of ether oxygens (including phenoxy) is 1. The topological polar surface area (TPSA) is 105 Å². The highest BCUT2D eigenvalue weighted by atomic mass is 19.1. The smallest absolute Gasteiger partial charge is 0.319 e. The number of rotatable bonds is 6. The lowest BCUT2D eigenvalue weighted by Crippen LogP contribution is -2.36. The Balaban J connectivity index is 1.44. The van der Waals surface area contributed by atoms with E-state index < -0.39 is 34.8 Å². The van der Waals surface area contributed by atoms with Crippen molar-refractivity contribution >= 4 is 11.0 Å². The number of aliphatic hydroxyl groups is 1. The minimum absolute atomic E-state index is 0.136. The van der Waals surface area contributed by atoms with E-state index in [1.807, 2.05) is 0 Å². The van der Waals surface area contributed by atoms with Gasteiger partial charge in [-0.15, -0.1) is 0 Å². The second-order valence-corrected chi connectivity index (χ2v) is 9.25. The van der Waals surface area contributed by atoms with Gasteiger partial charge in [0.1, 0.15) is 35.2 Å². The van der Waals surface area contributed by atoms with Crippen LogP contribution in [0.4, 0.5) is 8.78 Å². The number of aromatic nitrogens is 4. The molecule has 4 heterocycles. The Hall–Kier alpha value is -4.51. The van der Waals surface area contributed by atoms with Crippen molar-refractivity contribution in [3.05, 3.63) is 87.6 Å². The van der Waals surface area contributed by atoms with Gasteiger partial charge < -0.3 is 24.7 Å². The van der Waals surface area contributed by atoms with Crippen LogP contribution in [0.3, 0.4) is 0 Å². The molecule has 0 spiro atoms.